The molecule has 0 atom stereocenters. The number of hydrogen-bond acceptors (Lipinski definition) is 3. The Kier molecular flexibility index (Phi) is 6.83. The lowest BCUT2D eigenvalue weighted by atomic mass is 9.79. The molecule has 0 radical (unpaired) electrons. The van der Waals surface area contributed by atoms with Crippen molar-refractivity contribution in [2.45, 2.75) is 26.7 Å². The highest BCUT2D eigenvalue weighted by Crippen LogP contribution is 2.30. The molecule has 0 aromatic heterocycles. The highest BCUT2D eigenvalue weighted by Gasteiger charge is 2.29. The summed E-state index contributed by atoms with van der Waals surface area (Å²) in [5.41, 5.74) is -0.441. The van der Waals surface area contributed by atoms with Crippen molar-refractivity contribution in [1.29, 1.82) is 0 Å². The Bertz CT molecular complexity index is 358. The van der Waals surface area contributed by atoms with Gasteiger partial charge in [-0.1, -0.05) is 29.8 Å². The molecule has 0 saturated carbocycles. The van der Waals surface area contributed by atoms with Gasteiger partial charge in [0.05, 0.1) is 19.8 Å². The normalized spacial score (nSPS) is 11.9. The monoisotopic (exact) mass is 330 g/mol. The van der Waals surface area contributed by atoms with Crippen LogP contribution in [0.25, 0.3) is 0 Å². The molecule has 2 N–H and O–H groups in total. The highest BCUT2D eigenvalue weighted by molar-refractivity contribution is 9.10. The van der Waals surface area contributed by atoms with Crippen LogP contribution in [0.5, 0.6) is 5.75 Å². The fourth-order valence-corrected chi connectivity index (χ4v) is 2.49. The molecule has 108 valence electrons. The zero-order valence-electron chi connectivity index (χ0n) is 11.6. The summed E-state index contributed by atoms with van der Waals surface area (Å²) in [7, 11) is 0. The molecule has 19 heavy (non-hydrogen) atoms. The standard InChI is InChI=1S/C15H23BrO3/c1-12(2)9-15(10-17,11-18)7-8-19-14-5-3-13(16)4-6-14/h3-6,12,17-18H,7-11H2,1-2H3. The summed E-state index contributed by atoms with van der Waals surface area (Å²) >= 11 is 3.37. The molecule has 1 rings (SSSR count). The average molecular weight is 331 g/mol. The van der Waals surface area contributed by atoms with Gasteiger partial charge in [0.15, 0.2) is 0 Å². The van der Waals surface area contributed by atoms with Crippen LogP contribution in [-0.4, -0.2) is 30.0 Å². The van der Waals surface area contributed by atoms with E-state index in [4.69, 9.17) is 4.74 Å². The Morgan fingerprint density at radius 2 is 1.74 bits per heavy atom. The number of rotatable bonds is 8. The molecule has 0 saturated heterocycles. The van der Waals surface area contributed by atoms with Crippen LogP contribution < -0.4 is 4.74 Å². The zero-order valence-corrected chi connectivity index (χ0v) is 13.2. The second kappa shape index (κ2) is 7.88. The van der Waals surface area contributed by atoms with Gasteiger partial charge in [-0.2, -0.15) is 0 Å². The van der Waals surface area contributed by atoms with Crippen LogP contribution in [0.4, 0.5) is 0 Å². The highest BCUT2D eigenvalue weighted by atomic mass is 79.9. The van der Waals surface area contributed by atoms with E-state index in [9.17, 15) is 10.2 Å². The van der Waals surface area contributed by atoms with Crippen molar-refractivity contribution in [2.75, 3.05) is 19.8 Å². The zero-order chi connectivity index (χ0) is 14.3. The van der Waals surface area contributed by atoms with Crippen molar-refractivity contribution in [3.8, 4) is 5.75 Å². The van der Waals surface area contributed by atoms with Crippen LogP contribution in [0.2, 0.25) is 0 Å². The van der Waals surface area contributed by atoms with Gasteiger partial charge >= 0.3 is 0 Å². The maximum atomic E-state index is 9.54. The van der Waals surface area contributed by atoms with E-state index in [0.717, 1.165) is 16.6 Å². The number of benzene rings is 1. The molecule has 1 aromatic rings. The van der Waals surface area contributed by atoms with Crippen molar-refractivity contribution in [2.24, 2.45) is 11.3 Å². The molecule has 3 nitrogen and oxygen atoms in total. The number of aliphatic hydroxyl groups excluding tert-OH is 2. The molecule has 0 aliphatic rings. The second-order valence-electron chi connectivity index (χ2n) is 5.47. The third-order valence-electron chi connectivity index (χ3n) is 3.23. The van der Waals surface area contributed by atoms with E-state index in [0.29, 0.717) is 18.9 Å². The molecule has 0 bridgehead atoms. The van der Waals surface area contributed by atoms with Crippen molar-refractivity contribution in [1.82, 2.24) is 0 Å². The molecule has 0 amide bonds. The molecule has 0 aliphatic carbocycles. The third-order valence-corrected chi connectivity index (χ3v) is 3.76. The van der Waals surface area contributed by atoms with E-state index in [1.165, 1.54) is 0 Å². The SMILES string of the molecule is CC(C)CC(CO)(CO)CCOc1ccc(Br)cc1. The Morgan fingerprint density at radius 1 is 1.16 bits per heavy atom. The predicted molar refractivity (Wildman–Crippen MR) is 80.3 cm³/mol. The summed E-state index contributed by atoms with van der Waals surface area (Å²) in [6.45, 7) is 4.66. The van der Waals surface area contributed by atoms with Gasteiger partial charge in [0, 0.05) is 9.89 Å². The van der Waals surface area contributed by atoms with E-state index >= 15 is 0 Å². The number of aliphatic hydroxyl groups is 2. The van der Waals surface area contributed by atoms with E-state index in [1.54, 1.807) is 0 Å². The van der Waals surface area contributed by atoms with Crippen LogP contribution in [0.15, 0.2) is 28.7 Å². The molecule has 0 heterocycles. The van der Waals surface area contributed by atoms with Crippen LogP contribution in [0, 0.1) is 11.3 Å². The minimum Gasteiger partial charge on any atom is -0.494 e. The first kappa shape index (κ1) is 16.5. The predicted octanol–water partition coefficient (Wildman–Crippen LogP) is 3.24. The topological polar surface area (TPSA) is 49.7 Å². The molecule has 4 heteroatoms. The molecule has 0 aliphatic heterocycles. The summed E-state index contributed by atoms with van der Waals surface area (Å²) < 4.78 is 6.67. The molecule has 0 fully saturated rings. The third kappa shape index (κ3) is 5.51. The molecule has 0 unspecified atom stereocenters. The lowest BCUT2D eigenvalue weighted by Crippen LogP contribution is -2.33. The van der Waals surface area contributed by atoms with E-state index in [-0.39, 0.29) is 13.2 Å². The largest absolute Gasteiger partial charge is 0.494 e. The summed E-state index contributed by atoms with van der Waals surface area (Å²) in [5.74, 6) is 1.24. The molecule has 1 aromatic carbocycles. The Hall–Kier alpha value is -0.580. The Balaban J connectivity index is 2.50. The van der Waals surface area contributed by atoms with Gasteiger partial charge in [-0.05, 0) is 43.0 Å². The number of halogens is 1. The number of hydrogen-bond donors (Lipinski definition) is 2. The first-order chi connectivity index (χ1) is 9.01. The van der Waals surface area contributed by atoms with Crippen LogP contribution in [0.3, 0.4) is 0 Å². The van der Waals surface area contributed by atoms with Gasteiger partial charge in [0.2, 0.25) is 0 Å². The van der Waals surface area contributed by atoms with E-state index < -0.39 is 5.41 Å². The summed E-state index contributed by atoms with van der Waals surface area (Å²) in [5, 5.41) is 19.1. The Labute approximate surface area is 123 Å². The molecular weight excluding hydrogens is 308 g/mol. The van der Waals surface area contributed by atoms with Crippen LogP contribution in [-0.2, 0) is 0 Å². The van der Waals surface area contributed by atoms with Gasteiger partial charge in [-0.15, -0.1) is 0 Å². The maximum absolute atomic E-state index is 9.54. The summed E-state index contributed by atoms with van der Waals surface area (Å²) in [6.07, 6.45) is 1.44. The minimum atomic E-state index is -0.441. The van der Waals surface area contributed by atoms with Crippen LogP contribution >= 0.6 is 15.9 Å². The van der Waals surface area contributed by atoms with E-state index in [2.05, 4.69) is 29.8 Å². The first-order valence-electron chi connectivity index (χ1n) is 6.61. The van der Waals surface area contributed by atoms with Crippen LogP contribution in [0.1, 0.15) is 26.7 Å². The van der Waals surface area contributed by atoms with E-state index in [1.807, 2.05) is 24.3 Å². The lowest BCUT2D eigenvalue weighted by molar-refractivity contribution is 0.0191. The fourth-order valence-electron chi connectivity index (χ4n) is 2.22. The molecule has 0 spiro atoms. The first-order valence-corrected chi connectivity index (χ1v) is 7.41. The Morgan fingerprint density at radius 3 is 2.21 bits per heavy atom. The van der Waals surface area contributed by atoms with Crippen molar-refractivity contribution >= 4 is 15.9 Å². The van der Waals surface area contributed by atoms with Crippen molar-refractivity contribution in [3.63, 3.8) is 0 Å². The van der Waals surface area contributed by atoms with Crippen molar-refractivity contribution in [3.05, 3.63) is 28.7 Å². The van der Waals surface area contributed by atoms with Gasteiger partial charge in [-0.3, -0.25) is 0 Å². The molecular formula is C15H23BrO3. The van der Waals surface area contributed by atoms with Gasteiger partial charge in [0.1, 0.15) is 5.75 Å². The average Bonchev–Trinajstić information content (AvgIpc) is 2.39. The quantitative estimate of drug-likeness (QED) is 0.769. The maximum Gasteiger partial charge on any atom is 0.119 e. The second-order valence-corrected chi connectivity index (χ2v) is 6.38. The fraction of sp³-hybridized carbons (Fsp3) is 0.600. The smallest absolute Gasteiger partial charge is 0.119 e. The van der Waals surface area contributed by atoms with Gasteiger partial charge in [-0.25, -0.2) is 0 Å². The van der Waals surface area contributed by atoms with Gasteiger partial charge in [0.25, 0.3) is 0 Å². The van der Waals surface area contributed by atoms with Gasteiger partial charge < -0.3 is 14.9 Å². The minimum absolute atomic E-state index is 0.00855. The summed E-state index contributed by atoms with van der Waals surface area (Å²) in [6, 6.07) is 7.64. The summed E-state index contributed by atoms with van der Waals surface area (Å²) in [4.78, 5) is 0. The van der Waals surface area contributed by atoms with Crippen molar-refractivity contribution < 1.29 is 14.9 Å². The lowest BCUT2D eigenvalue weighted by Gasteiger charge is -2.31. The number of ether oxygens (including phenoxy) is 1.